The van der Waals surface area contributed by atoms with Gasteiger partial charge in [-0.15, -0.1) is 0 Å². The van der Waals surface area contributed by atoms with Crippen molar-refractivity contribution in [2.24, 2.45) is 0 Å². The van der Waals surface area contributed by atoms with Crippen LogP contribution in [0.3, 0.4) is 0 Å². The molecule has 1 heterocycles. The van der Waals surface area contributed by atoms with Gasteiger partial charge < -0.3 is 9.47 Å². The molecule has 0 saturated carbocycles. The Morgan fingerprint density at radius 1 is 1.00 bits per heavy atom. The van der Waals surface area contributed by atoms with Gasteiger partial charge >= 0.3 is 0 Å². The summed E-state index contributed by atoms with van der Waals surface area (Å²) in [7, 11) is 0. The Balaban J connectivity index is 1.56. The Kier molecular flexibility index (Phi) is 3.73. The lowest BCUT2D eigenvalue weighted by Gasteiger charge is -2.01. The molecule has 2 aromatic carbocycles. The van der Waals surface area contributed by atoms with E-state index >= 15 is 0 Å². The van der Waals surface area contributed by atoms with Crippen LogP contribution in [0.4, 0.5) is 0 Å². The van der Waals surface area contributed by atoms with Gasteiger partial charge in [-0.3, -0.25) is 0 Å². The summed E-state index contributed by atoms with van der Waals surface area (Å²) in [5.74, 6) is 1.72. The summed E-state index contributed by atoms with van der Waals surface area (Å²) in [5.41, 5.74) is 3.83. The van der Waals surface area contributed by atoms with E-state index in [0.29, 0.717) is 6.79 Å². The molecule has 2 heteroatoms. The molecule has 1 aliphatic heterocycles. The summed E-state index contributed by atoms with van der Waals surface area (Å²) in [6, 6.07) is 14.7. The molecule has 0 bridgehead atoms. The molecule has 0 aliphatic carbocycles. The summed E-state index contributed by atoms with van der Waals surface area (Å²) >= 11 is 0. The minimum atomic E-state index is 0.339. The van der Waals surface area contributed by atoms with Crippen LogP contribution in [0.25, 0.3) is 6.08 Å². The van der Waals surface area contributed by atoms with Crippen LogP contribution in [0.5, 0.6) is 11.5 Å². The molecule has 0 atom stereocenters. The summed E-state index contributed by atoms with van der Waals surface area (Å²) in [4.78, 5) is 0. The van der Waals surface area contributed by atoms with Crippen molar-refractivity contribution in [3.8, 4) is 11.5 Å². The predicted molar refractivity (Wildman–Crippen MR) is 81.1 cm³/mol. The second kappa shape index (κ2) is 5.83. The fourth-order valence-electron chi connectivity index (χ4n) is 2.24. The van der Waals surface area contributed by atoms with Gasteiger partial charge in [0.25, 0.3) is 0 Å². The Hall–Kier alpha value is -2.22. The summed E-state index contributed by atoms with van der Waals surface area (Å²) in [6.07, 6.45) is 6.42. The first-order chi connectivity index (χ1) is 9.81. The molecule has 0 saturated heterocycles. The lowest BCUT2D eigenvalue weighted by Crippen LogP contribution is -1.92. The molecule has 0 aromatic heterocycles. The Morgan fingerprint density at radius 3 is 2.65 bits per heavy atom. The maximum Gasteiger partial charge on any atom is 0.231 e. The lowest BCUT2D eigenvalue weighted by molar-refractivity contribution is 0.174. The molecule has 0 spiro atoms. The molecule has 2 nitrogen and oxygen atoms in total. The first kappa shape index (κ1) is 12.8. The molecule has 2 aromatic rings. The minimum absolute atomic E-state index is 0.339. The highest BCUT2D eigenvalue weighted by Crippen LogP contribution is 2.32. The van der Waals surface area contributed by atoms with E-state index in [2.05, 4.69) is 55.5 Å². The topological polar surface area (TPSA) is 18.5 Å². The van der Waals surface area contributed by atoms with Crippen LogP contribution in [0, 0.1) is 6.92 Å². The Labute approximate surface area is 119 Å². The second-order valence-corrected chi connectivity index (χ2v) is 5.04. The number of allylic oxidation sites excluding steroid dienone is 1. The molecule has 0 unspecified atom stereocenters. The second-order valence-electron chi connectivity index (χ2n) is 5.04. The van der Waals surface area contributed by atoms with Gasteiger partial charge in [0.2, 0.25) is 6.79 Å². The maximum absolute atomic E-state index is 5.39. The normalized spacial score (nSPS) is 13.1. The molecule has 0 fully saturated rings. The number of aryl methyl sites for hydroxylation is 2. The first-order valence-electron chi connectivity index (χ1n) is 6.93. The van der Waals surface area contributed by atoms with Gasteiger partial charge in [0.1, 0.15) is 0 Å². The quantitative estimate of drug-likeness (QED) is 0.818. The zero-order chi connectivity index (χ0) is 13.8. The highest BCUT2D eigenvalue weighted by molar-refractivity contribution is 5.49. The monoisotopic (exact) mass is 266 g/mol. The molecule has 20 heavy (non-hydrogen) atoms. The molecule has 3 rings (SSSR count). The van der Waals surface area contributed by atoms with E-state index < -0.39 is 0 Å². The highest BCUT2D eigenvalue weighted by atomic mass is 16.7. The van der Waals surface area contributed by atoms with E-state index in [-0.39, 0.29) is 0 Å². The van der Waals surface area contributed by atoms with Crippen LogP contribution in [-0.4, -0.2) is 6.79 Å². The van der Waals surface area contributed by atoms with Crippen molar-refractivity contribution in [1.29, 1.82) is 0 Å². The summed E-state index contributed by atoms with van der Waals surface area (Å²) < 4.78 is 10.7. The van der Waals surface area contributed by atoms with Crippen molar-refractivity contribution in [2.75, 3.05) is 6.79 Å². The van der Waals surface area contributed by atoms with Crippen molar-refractivity contribution in [3.05, 3.63) is 65.2 Å². The van der Waals surface area contributed by atoms with Gasteiger partial charge in [-0.25, -0.2) is 0 Å². The number of benzene rings is 2. The van der Waals surface area contributed by atoms with E-state index in [1.165, 1.54) is 16.7 Å². The number of hydrogen-bond acceptors (Lipinski definition) is 2. The van der Waals surface area contributed by atoms with Crippen molar-refractivity contribution in [3.63, 3.8) is 0 Å². The zero-order valence-corrected chi connectivity index (χ0v) is 11.6. The fourth-order valence-corrected chi connectivity index (χ4v) is 2.24. The standard InChI is InChI=1S/C18H18O2/c1-14-6-8-15(9-7-14)4-2-3-5-16-10-11-17-18(12-16)20-13-19-17/h2,4,6-12H,3,5,13H2,1H3/b4-2+. The summed E-state index contributed by atoms with van der Waals surface area (Å²) in [5, 5.41) is 0. The predicted octanol–water partition coefficient (Wildman–Crippen LogP) is 4.37. The zero-order valence-electron chi connectivity index (χ0n) is 11.6. The van der Waals surface area contributed by atoms with Crippen molar-refractivity contribution >= 4 is 6.08 Å². The fraction of sp³-hybridized carbons (Fsp3) is 0.222. The third-order valence-electron chi connectivity index (χ3n) is 3.42. The van der Waals surface area contributed by atoms with Gasteiger partial charge in [0, 0.05) is 0 Å². The first-order valence-corrected chi connectivity index (χ1v) is 6.93. The average Bonchev–Trinajstić information content (AvgIpc) is 2.93. The number of hydrogen-bond donors (Lipinski definition) is 0. The van der Waals surface area contributed by atoms with E-state index in [4.69, 9.17) is 9.47 Å². The lowest BCUT2D eigenvalue weighted by atomic mass is 10.1. The summed E-state index contributed by atoms with van der Waals surface area (Å²) in [6.45, 7) is 2.44. The molecular weight excluding hydrogens is 248 g/mol. The minimum Gasteiger partial charge on any atom is -0.454 e. The molecule has 0 N–H and O–H groups in total. The Morgan fingerprint density at radius 2 is 1.80 bits per heavy atom. The SMILES string of the molecule is Cc1ccc(/C=C/CCc2ccc3c(c2)OCO3)cc1. The van der Waals surface area contributed by atoms with Gasteiger partial charge in [-0.2, -0.15) is 0 Å². The smallest absolute Gasteiger partial charge is 0.231 e. The third-order valence-corrected chi connectivity index (χ3v) is 3.42. The van der Waals surface area contributed by atoms with Gasteiger partial charge in [-0.1, -0.05) is 48.0 Å². The van der Waals surface area contributed by atoms with Crippen LogP contribution in [0.2, 0.25) is 0 Å². The number of rotatable bonds is 4. The van der Waals surface area contributed by atoms with E-state index in [1.54, 1.807) is 0 Å². The molecule has 1 aliphatic rings. The van der Waals surface area contributed by atoms with Crippen LogP contribution in [0.15, 0.2) is 48.5 Å². The number of fused-ring (bicyclic) bond motifs is 1. The van der Waals surface area contributed by atoms with Crippen LogP contribution in [0.1, 0.15) is 23.1 Å². The maximum atomic E-state index is 5.39. The molecule has 102 valence electrons. The molecule has 0 amide bonds. The van der Waals surface area contributed by atoms with E-state index in [0.717, 1.165) is 24.3 Å². The van der Waals surface area contributed by atoms with Crippen LogP contribution >= 0.6 is 0 Å². The molecular formula is C18H18O2. The van der Waals surface area contributed by atoms with Crippen molar-refractivity contribution in [1.82, 2.24) is 0 Å². The van der Waals surface area contributed by atoms with E-state index in [9.17, 15) is 0 Å². The van der Waals surface area contributed by atoms with Crippen LogP contribution in [-0.2, 0) is 6.42 Å². The van der Waals surface area contributed by atoms with Crippen molar-refractivity contribution in [2.45, 2.75) is 19.8 Å². The largest absolute Gasteiger partial charge is 0.454 e. The van der Waals surface area contributed by atoms with Gasteiger partial charge in [0.05, 0.1) is 0 Å². The highest BCUT2D eigenvalue weighted by Gasteiger charge is 2.12. The van der Waals surface area contributed by atoms with Gasteiger partial charge in [0.15, 0.2) is 11.5 Å². The van der Waals surface area contributed by atoms with E-state index in [1.807, 2.05) is 6.07 Å². The third kappa shape index (κ3) is 3.02. The van der Waals surface area contributed by atoms with Crippen LogP contribution < -0.4 is 9.47 Å². The van der Waals surface area contributed by atoms with Crippen molar-refractivity contribution < 1.29 is 9.47 Å². The average molecular weight is 266 g/mol. The van der Waals surface area contributed by atoms with Gasteiger partial charge in [-0.05, 0) is 43.0 Å². The Bertz CT molecular complexity index is 612. The molecule has 0 radical (unpaired) electrons. The number of ether oxygens (including phenoxy) is 2.